The minimum Gasteiger partial charge on any atom is -0.316 e. The van der Waals surface area contributed by atoms with Gasteiger partial charge in [0.1, 0.15) is 0 Å². The second-order valence-electron chi connectivity index (χ2n) is 6.57. The van der Waals surface area contributed by atoms with Gasteiger partial charge in [-0.05, 0) is 69.2 Å². The molecule has 0 heterocycles. The van der Waals surface area contributed by atoms with Crippen molar-refractivity contribution in [2.75, 3.05) is 13.1 Å². The molecule has 0 aromatic heterocycles. The maximum absolute atomic E-state index is 3.67. The zero-order valence-electron chi connectivity index (χ0n) is 13.5. The highest BCUT2D eigenvalue weighted by Gasteiger charge is 2.25. The van der Waals surface area contributed by atoms with E-state index >= 15 is 0 Å². The first-order chi connectivity index (χ1) is 9.72. The van der Waals surface area contributed by atoms with Gasteiger partial charge in [-0.25, -0.2) is 0 Å². The number of nitrogens with one attached hydrogen (secondary N) is 1. The van der Waals surface area contributed by atoms with Gasteiger partial charge >= 0.3 is 0 Å². The van der Waals surface area contributed by atoms with Gasteiger partial charge in [-0.2, -0.15) is 0 Å². The predicted molar refractivity (Wildman–Crippen MR) is 88.4 cm³/mol. The van der Waals surface area contributed by atoms with E-state index in [9.17, 15) is 0 Å². The molecule has 0 bridgehead atoms. The third-order valence-electron chi connectivity index (χ3n) is 4.83. The van der Waals surface area contributed by atoms with Crippen LogP contribution in [-0.2, 0) is 0 Å². The first-order valence-electron chi connectivity index (χ1n) is 8.50. The summed E-state index contributed by atoms with van der Waals surface area (Å²) in [6, 6.07) is 7.00. The Balaban J connectivity index is 2.16. The fourth-order valence-corrected chi connectivity index (χ4v) is 3.66. The first-order valence-corrected chi connectivity index (χ1v) is 8.50. The highest BCUT2D eigenvalue weighted by molar-refractivity contribution is 5.34. The summed E-state index contributed by atoms with van der Waals surface area (Å²) in [5.74, 6) is 1.59. The summed E-state index contributed by atoms with van der Waals surface area (Å²) < 4.78 is 0. The minimum atomic E-state index is 0.766. The van der Waals surface area contributed by atoms with E-state index in [2.05, 4.69) is 44.3 Å². The number of rotatable bonds is 5. The van der Waals surface area contributed by atoms with Crippen LogP contribution in [0.2, 0.25) is 0 Å². The SMILES string of the molecule is CCCNCC1CCCCCC1c1cc(C)ccc1C. The maximum atomic E-state index is 3.67. The van der Waals surface area contributed by atoms with E-state index in [1.165, 1.54) is 56.2 Å². The standard InChI is InChI=1S/C19H31N/c1-4-12-20-14-17-8-6-5-7-9-18(17)19-13-15(2)10-11-16(19)3/h10-11,13,17-18,20H,4-9,12,14H2,1-3H3. The molecule has 1 saturated carbocycles. The fraction of sp³-hybridized carbons (Fsp3) is 0.684. The quantitative estimate of drug-likeness (QED) is 0.590. The van der Waals surface area contributed by atoms with Crippen LogP contribution in [0.4, 0.5) is 0 Å². The highest BCUT2D eigenvalue weighted by Crippen LogP contribution is 2.38. The lowest BCUT2D eigenvalue weighted by Crippen LogP contribution is -2.27. The van der Waals surface area contributed by atoms with Crippen molar-refractivity contribution in [1.82, 2.24) is 5.32 Å². The Bertz CT molecular complexity index is 410. The molecule has 1 nitrogen and oxygen atoms in total. The van der Waals surface area contributed by atoms with Crippen LogP contribution in [0.5, 0.6) is 0 Å². The molecule has 0 aliphatic heterocycles. The van der Waals surface area contributed by atoms with Gasteiger partial charge in [0.2, 0.25) is 0 Å². The molecule has 2 unspecified atom stereocenters. The van der Waals surface area contributed by atoms with Crippen molar-refractivity contribution in [3.05, 3.63) is 34.9 Å². The summed E-state index contributed by atoms with van der Waals surface area (Å²) in [4.78, 5) is 0. The summed E-state index contributed by atoms with van der Waals surface area (Å²) in [5.41, 5.74) is 4.52. The summed E-state index contributed by atoms with van der Waals surface area (Å²) in [6.07, 6.45) is 8.26. The Morgan fingerprint density at radius 2 is 1.90 bits per heavy atom. The van der Waals surface area contributed by atoms with Crippen molar-refractivity contribution in [2.45, 2.75) is 65.2 Å². The van der Waals surface area contributed by atoms with Gasteiger partial charge in [0.05, 0.1) is 0 Å². The van der Waals surface area contributed by atoms with E-state index in [4.69, 9.17) is 0 Å². The lowest BCUT2D eigenvalue weighted by atomic mass is 9.80. The van der Waals surface area contributed by atoms with Crippen LogP contribution in [0.3, 0.4) is 0 Å². The van der Waals surface area contributed by atoms with Crippen molar-refractivity contribution in [1.29, 1.82) is 0 Å². The number of benzene rings is 1. The average molecular weight is 273 g/mol. The Morgan fingerprint density at radius 1 is 1.10 bits per heavy atom. The van der Waals surface area contributed by atoms with Gasteiger partial charge < -0.3 is 5.32 Å². The Labute approximate surface area is 125 Å². The van der Waals surface area contributed by atoms with Crippen LogP contribution in [0.25, 0.3) is 0 Å². The van der Waals surface area contributed by atoms with Crippen molar-refractivity contribution in [2.24, 2.45) is 5.92 Å². The second kappa shape index (κ2) is 7.83. The summed E-state index contributed by atoms with van der Waals surface area (Å²) in [7, 11) is 0. The monoisotopic (exact) mass is 273 g/mol. The molecule has 0 spiro atoms. The van der Waals surface area contributed by atoms with Crippen LogP contribution in [0.1, 0.15) is 68.1 Å². The van der Waals surface area contributed by atoms with E-state index in [1.807, 2.05) is 0 Å². The van der Waals surface area contributed by atoms with E-state index < -0.39 is 0 Å². The molecule has 0 radical (unpaired) electrons. The number of hydrogen-bond donors (Lipinski definition) is 1. The third kappa shape index (κ3) is 4.09. The van der Waals surface area contributed by atoms with Gasteiger partial charge in [-0.3, -0.25) is 0 Å². The van der Waals surface area contributed by atoms with Gasteiger partial charge in [0, 0.05) is 0 Å². The molecule has 2 rings (SSSR count). The molecule has 1 aliphatic rings. The minimum absolute atomic E-state index is 0.766. The van der Waals surface area contributed by atoms with E-state index in [-0.39, 0.29) is 0 Å². The Hall–Kier alpha value is -0.820. The summed E-state index contributed by atoms with van der Waals surface area (Å²) in [5, 5.41) is 3.67. The molecule has 0 saturated heterocycles. The lowest BCUT2D eigenvalue weighted by Gasteiger charge is -2.27. The maximum Gasteiger partial charge on any atom is -0.00147 e. The Morgan fingerprint density at radius 3 is 2.70 bits per heavy atom. The van der Waals surface area contributed by atoms with Gasteiger partial charge in [-0.1, -0.05) is 49.9 Å². The molecule has 1 N–H and O–H groups in total. The molecular formula is C19H31N. The first kappa shape index (κ1) is 15.6. The van der Waals surface area contributed by atoms with Gasteiger partial charge in [0.15, 0.2) is 0 Å². The molecule has 0 amide bonds. The van der Waals surface area contributed by atoms with Crippen molar-refractivity contribution >= 4 is 0 Å². The molecule has 1 fully saturated rings. The van der Waals surface area contributed by atoms with Crippen molar-refractivity contribution in [3.8, 4) is 0 Å². The van der Waals surface area contributed by atoms with E-state index in [1.54, 1.807) is 5.56 Å². The molecule has 20 heavy (non-hydrogen) atoms. The molecule has 1 aliphatic carbocycles. The predicted octanol–water partition coefficient (Wildman–Crippen LogP) is 4.97. The normalized spacial score (nSPS) is 23.6. The van der Waals surface area contributed by atoms with Crippen LogP contribution in [-0.4, -0.2) is 13.1 Å². The lowest BCUT2D eigenvalue weighted by molar-refractivity contribution is 0.375. The van der Waals surface area contributed by atoms with E-state index in [0.717, 1.165) is 18.4 Å². The van der Waals surface area contributed by atoms with Crippen LogP contribution >= 0.6 is 0 Å². The Kier molecular flexibility index (Phi) is 6.09. The molecule has 1 aromatic carbocycles. The zero-order chi connectivity index (χ0) is 14.4. The van der Waals surface area contributed by atoms with Gasteiger partial charge in [0.25, 0.3) is 0 Å². The fourth-order valence-electron chi connectivity index (χ4n) is 3.66. The average Bonchev–Trinajstić information content (AvgIpc) is 2.67. The zero-order valence-corrected chi connectivity index (χ0v) is 13.5. The summed E-state index contributed by atoms with van der Waals surface area (Å²) in [6.45, 7) is 9.13. The van der Waals surface area contributed by atoms with E-state index in [0.29, 0.717) is 0 Å². The molecule has 2 atom stereocenters. The topological polar surface area (TPSA) is 12.0 Å². The van der Waals surface area contributed by atoms with Crippen LogP contribution < -0.4 is 5.32 Å². The largest absolute Gasteiger partial charge is 0.316 e. The van der Waals surface area contributed by atoms with Crippen molar-refractivity contribution < 1.29 is 0 Å². The number of aryl methyl sites for hydroxylation is 2. The number of hydrogen-bond acceptors (Lipinski definition) is 1. The third-order valence-corrected chi connectivity index (χ3v) is 4.83. The smallest absolute Gasteiger partial charge is 0.00147 e. The molecular weight excluding hydrogens is 242 g/mol. The molecule has 1 aromatic rings. The van der Waals surface area contributed by atoms with Crippen LogP contribution in [0.15, 0.2) is 18.2 Å². The molecule has 1 heteroatoms. The van der Waals surface area contributed by atoms with Gasteiger partial charge in [-0.15, -0.1) is 0 Å². The second-order valence-corrected chi connectivity index (χ2v) is 6.57. The molecule has 112 valence electrons. The highest BCUT2D eigenvalue weighted by atomic mass is 14.9. The van der Waals surface area contributed by atoms with Crippen LogP contribution in [0, 0.1) is 19.8 Å². The van der Waals surface area contributed by atoms with Crippen molar-refractivity contribution in [3.63, 3.8) is 0 Å². The summed E-state index contributed by atoms with van der Waals surface area (Å²) >= 11 is 0.